The molecule has 0 aromatic heterocycles. The van der Waals surface area contributed by atoms with E-state index in [1.54, 1.807) is 12.0 Å². The van der Waals surface area contributed by atoms with E-state index in [1.807, 2.05) is 49.4 Å². The number of rotatable bonds is 4. The van der Waals surface area contributed by atoms with E-state index in [-0.39, 0.29) is 30.2 Å². The van der Waals surface area contributed by atoms with Crippen LogP contribution in [0.1, 0.15) is 30.0 Å². The molecule has 4 rings (SSSR count). The van der Waals surface area contributed by atoms with Gasteiger partial charge in [0.05, 0.1) is 31.4 Å². The second-order valence-electron chi connectivity index (χ2n) is 7.32. The van der Waals surface area contributed by atoms with E-state index < -0.39 is 0 Å². The molecule has 0 radical (unpaired) electrons. The summed E-state index contributed by atoms with van der Waals surface area (Å²) in [6.07, 6.45) is 0.923. The van der Waals surface area contributed by atoms with E-state index in [1.165, 1.54) is 0 Å². The summed E-state index contributed by atoms with van der Waals surface area (Å²) in [4.78, 5) is 27.2. The Morgan fingerprint density at radius 2 is 2.07 bits per heavy atom. The molecule has 2 atom stereocenters. The molecule has 6 heteroatoms. The van der Waals surface area contributed by atoms with Crippen LogP contribution in [0.15, 0.2) is 42.5 Å². The average Bonchev–Trinajstić information content (AvgIpc) is 3.10. The molecule has 1 saturated heterocycles. The molecule has 0 saturated carbocycles. The molecule has 0 aliphatic carbocycles. The van der Waals surface area contributed by atoms with Gasteiger partial charge in [0.15, 0.2) is 0 Å². The highest BCUT2D eigenvalue weighted by atomic mass is 16.5. The van der Waals surface area contributed by atoms with Gasteiger partial charge < -0.3 is 19.7 Å². The van der Waals surface area contributed by atoms with E-state index in [9.17, 15) is 9.59 Å². The van der Waals surface area contributed by atoms with Crippen LogP contribution in [-0.4, -0.2) is 32.1 Å². The summed E-state index contributed by atoms with van der Waals surface area (Å²) in [7, 11) is 1.58. The van der Waals surface area contributed by atoms with Crippen LogP contribution >= 0.6 is 0 Å². The van der Waals surface area contributed by atoms with Gasteiger partial charge in [-0.15, -0.1) is 0 Å². The van der Waals surface area contributed by atoms with Crippen molar-refractivity contribution in [2.45, 2.75) is 25.8 Å². The van der Waals surface area contributed by atoms with Crippen LogP contribution < -0.4 is 19.7 Å². The Balaban J connectivity index is 1.49. The van der Waals surface area contributed by atoms with Gasteiger partial charge >= 0.3 is 0 Å². The molecule has 2 heterocycles. The number of carbonyl (C=O) groups is 2. The van der Waals surface area contributed by atoms with Crippen molar-refractivity contribution in [1.82, 2.24) is 5.32 Å². The predicted octanol–water partition coefficient (Wildman–Crippen LogP) is 3.00. The number of benzene rings is 2. The Hall–Kier alpha value is -3.02. The summed E-state index contributed by atoms with van der Waals surface area (Å²) in [6, 6.07) is 13.4. The number of methoxy groups -OCH3 is 1. The summed E-state index contributed by atoms with van der Waals surface area (Å²) in [5.74, 6) is 0.916. The summed E-state index contributed by atoms with van der Waals surface area (Å²) >= 11 is 0. The zero-order valence-electron chi connectivity index (χ0n) is 16.1. The smallest absolute Gasteiger partial charge is 0.227 e. The lowest BCUT2D eigenvalue weighted by molar-refractivity contribution is -0.127. The SMILES string of the molecule is COc1ccc(C)cc1N1C[C@@H](C(=O)N[C@@H]2CCOc3ccccc32)CC1=O. The number of amides is 2. The number of para-hydroxylation sites is 1. The molecule has 2 aromatic rings. The first-order valence-corrected chi connectivity index (χ1v) is 9.54. The summed E-state index contributed by atoms with van der Waals surface area (Å²) in [6.45, 7) is 2.89. The summed E-state index contributed by atoms with van der Waals surface area (Å²) in [5.41, 5.74) is 2.75. The van der Waals surface area contributed by atoms with Crippen molar-refractivity contribution in [3.63, 3.8) is 0 Å². The van der Waals surface area contributed by atoms with E-state index in [2.05, 4.69) is 5.32 Å². The molecule has 2 amide bonds. The van der Waals surface area contributed by atoms with Gasteiger partial charge in [0.25, 0.3) is 0 Å². The van der Waals surface area contributed by atoms with E-state index in [0.717, 1.165) is 29.0 Å². The lowest BCUT2D eigenvalue weighted by Crippen LogP contribution is -2.37. The number of nitrogens with zero attached hydrogens (tertiary/aromatic N) is 1. The van der Waals surface area contributed by atoms with Crippen molar-refractivity contribution < 1.29 is 19.1 Å². The van der Waals surface area contributed by atoms with E-state index in [4.69, 9.17) is 9.47 Å². The van der Waals surface area contributed by atoms with Crippen LogP contribution in [0.4, 0.5) is 5.69 Å². The van der Waals surface area contributed by atoms with Crippen LogP contribution in [0.2, 0.25) is 0 Å². The minimum Gasteiger partial charge on any atom is -0.495 e. The van der Waals surface area contributed by atoms with Gasteiger partial charge in [0.2, 0.25) is 11.8 Å². The molecular weight excluding hydrogens is 356 g/mol. The van der Waals surface area contributed by atoms with Crippen molar-refractivity contribution in [3.05, 3.63) is 53.6 Å². The van der Waals surface area contributed by atoms with Crippen molar-refractivity contribution in [3.8, 4) is 11.5 Å². The maximum atomic E-state index is 12.9. The average molecular weight is 380 g/mol. The summed E-state index contributed by atoms with van der Waals surface area (Å²) in [5, 5.41) is 3.12. The molecule has 146 valence electrons. The van der Waals surface area contributed by atoms with Crippen LogP contribution in [0.5, 0.6) is 11.5 Å². The predicted molar refractivity (Wildman–Crippen MR) is 106 cm³/mol. The first-order chi connectivity index (χ1) is 13.6. The largest absolute Gasteiger partial charge is 0.495 e. The summed E-state index contributed by atoms with van der Waals surface area (Å²) < 4.78 is 11.1. The fourth-order valence-corrected chi connectivity index (χ4v) is 3.91. The topological polar surface area (TPSA) is 67.9 Å². The highest BCUT2D eigenvalue weighted by Crippen LogP contribution is 2.35. The Morgan fingerprint density at radius 1 is 1.25 bits per heavy atom. The molecule has 2 aliphatic rings. The minimum atomic E-state index is -0.382. The first kappa shape index (κ1) is 18.3. The zero-order valence-corrected chi connectivity index (χ0v) is 16.1. The normalized spacial score (nSPS) is 21.1. The van der Waals surface area contributed by atoms with Crippen LogP contribution in [-0.2, 0) is 9.59 Å². The van der Waals surface area contributed by atoms with Crippen molar-refractivity contribution in [1.29, 1.82) is 0 Å². The number of hydrogen-bond acceptors (Lipinski definition) is 4. The number of aryl methyl sites for hydroxylation is 1. The fourth-order valence-electron chi connectivity index (χ4n) is 3.91. The maximum absolute atomic E-state index is 12.9. The third kappa shape index (κ3) is 3.42. The molecule has 2 aliphatic heterocycles. The highest BCUT2D eigenvalue weighted by molar-refractivity contribution is 6.01. The number of hydrogen-bond donors (Lipinski definition) is 1. The minimum absolute atomic E-state index is 0.0589. The molecule has 0 spiro atoms. The second-order valence-corrected chi connectivity index (χ2v) is 7.32. The number of nitrogens with one attached hydrogen (secondary N) is 1. The molecular formula is C22H24N2O4. The Bertz CT molecular complexity index is 911. The molecule has 2 aromatic carbocycles. The zero-order chi connectivity index (χ0) is 19.7. The maximum Gasteiger partial charge on any atom is 0.227 e. The van der Waals surface area contributed by atoms with Crippen LogP contribution in [0, 0.1) is 12.8 Å². The van der Waals surface area contributed by atoms with Gasteiger partial charge in [0, 0.05) is 24.9 Å². The molecule has 1 fully saturated rings. The third-order valence-corrected chi connectivity index (χ3v) is 5.40. The van der Waals surface area contributed by atoms with Crippen LogP contribution in [0.25, 0.3) is 0 Å². The van der Waals surface area contributed by atoms with Gasteiger partial charge in [-0.2, -0.15) is 0 Å². The Kier molecular flexibility index (Phi) is 4.94. The molecule has 28 heavy (non-hydrogen) atoms. The molecule has 0 bridgehead atoms. The quantitative estimate of drug-likeness (QED) is 0.885. The number of fused-ring (bicyclic) bond motifs is 1. The molecule has 6 nitrogen and oxygen atoms in total. The van der Waals surface area contributed by atoms with Gasteiger partial charge in [-0.05, 0) is 30.7 Å². The molecule has 0 unspecified atom stereocenters. The van der Waals surface area contributed by atoms with Crippen LogP contribution in [0.3, 0.4) is 0 Å². The monoisotopic (exact) mass is 380 g/mol. The Labute approximate surface area is 164 Å². The van der Waals surface area contributed by atoms with Crippen molar-refractivity contribution in [2.24, 2.45) is 5.92 Å². The van der Waals surface area contributed by atoms with E-state index in [0.29, 0.717) is 18.9 Å². The number of ether oxygens (including phenoxy) is 2. The highest BCUT2D eigenvalue weighted by Gasteiger charge is 2.37. The number of anilines is 1. The van der Waals surface area contributed by atoms with Gasteiger partial charge in [0.1, 0.15) is 11.5 Å². The fraction of sp³-hybridized carbons (Fsp3) is 0.364. The van der Waals surface area contributed by atoms with E-state index >= 15 is 0 Å². The number of carbonyl (C=O) groups excluding carboxylic acids is 2. The van der Waals surface area contributed by atoms with Gasteiger partial charge in [-0.25, -0.2) is 0 Å². The van der Waals surface area contributed by atoms with Crippen molar-refractivity contribution in [2.75, 3.05) is 25.2 Å². The van der Waals surface area contributed by atoms with Gasteiger partial charge in [-0.1, -0.05) is 24.3 Å². The van der Waals surface area contributed by atoms with Crippen molar-refractivity contribution >= 4 is 17.5 Å². The third-order valence-electron chi connectivity index (χ3n) is 5.40. The van der Waals surface area contributed by atoms with Gasteiger partial charge in [-0.3, -0.25) is 9.59 Å². The molecule has 1 N–H and O–H groups in total. The second kappa shape index (κ2) is 7.54. The lowest BCUT2D eigenvalue weighted by Gasteiger charge is -2.27. The first-order valence-electron chi connectivity index (χ1n) is 9.54. The lowest BCUT2D eigenvalue weighted by atomic mass is 9.99. The standard InChI is InChI=1S/C22H24N2O4/c1-14-7-8-20(27-2)18(11-14)24-13-15(12-21(24)25)22(26)23-17-9-10-28-19-6-4-3-5-16(17)19/h3-8,11,15,17H,9-10,12-13H2,1-2H3,(H,23,26)/t15-,17+/m0/s1. The Morgan fingerprint density at radius 3 is 2.89 bits per heavy atom.